The second-order valence-corrected chi connectivity index (χ2v) is 5.05. The maximum Gasteiger partial charge on any atom is 0.274 e. The number of rotatable bonds is 7. The van der Waals surface area contributed by atoms with Crippen LogP contribution >= 0.6 is 0 Å². The Labute approximate surface area is 126 Å². The number of carbonyl (C=O) groups is 2. The summed E-state index contributed by atoms with van der Waals surface area (Å²) in [4.78, 5) is 33.8. The zero-order valence-corrected chi connectivity index (χ0v) is 13.2. The highest BCUT2D eigenvalue weighted by atomic mass is 16.2. The normalized spacial score (nSPS) is 11.8. The fourth-order valence-corrected chi connectivity index (χ4v) is 1.75. The van der Waals surface area contributed by atoms with E-state index in [0.717, 1.165) is 12.1 Å². The van der Waals surface area contributed by atoms with Crippen LogP contribution in [0.5, 0.6) is 0 Å². The summed E-state index contributed by atoms with van der Waals surface area (Å²) in [6.45, 7) is 8.59. The number of amides is 2. The lowest BCUT2D eigenvalue weighted by molar-refractivity contribution is -0.121. The molecule has 2 amide bonds. The standard InChI is InChI=1S/C15H24N4O2/c1-5-11(3)18-14(20)7-8-19(6-2)15(21)13-10-16-12(4)9-17-13/h9-11H,5-8H2,1-4H3,(H,18,20)/t11-/m1/s1. The van der Waals surface area contributed by atoms with Crippen molar-refractivity contribution in [1.29, 1.82) is 0 Å². The highest BCUT2D eigenvalue weighted by Gasteiger charge is 2.17. The van der Waals surface area contributed by atoms with Crippen LogP contribution in [0.4, 0.5) is 0 Å². The molecule has 0 saturated carbocycles. The second-order valence-electron chi connectivity index (χ2n) is 5.05. The minimum atomic E-state index is -0.193. The Morgan fingerprint density at radius 2 is 2.00 bits per heavy atom. The Morgan fingerprint density at radius 3 is 2.52 bits per heavy atom. The van der Waals surface area contributed by atoms with E-state index >= 15 is 0 Å². The molecule has 6 heteroatoms. The lowest BCUT2D eigenvalue weighted by Gasteiger charge is -2.20. The third kappa shape index (κ3) is 5.49. The molecule has 0 radical (unpaired) electrons. The molecule has 0 aromatic carbocycles. The van der Waals surface area contributed by atoms with E-state index in [-0.39, 0.29) is 17.9 Å². The van der Waals surface area contributed by atoms with E-state index in [9.17, 15) is 9.59 Å². The third-order valence-electron chi connectivity index (χ3n) is 3.30. The molecule has 0 fully saturated rings. The Kier molecular flexibility index (Phi) is 6.78. The molecule has 1 atom stereocenters. The average Bonchev–Trinajstić information content (AvgIpc) is 2.48. The van der Waals surface area contributed by atoms with E-state index in [4.69, 9.17) is 0 Å². The van der Waals surface area contributed by atoms with Crippen LogP contribution in [0.3, 0.4) is 0 Å². The zero-order valence-electron chi connectivity index (χ0n) is 13.2. The summed E-state index contributed by atoms with van der Waals surface area (Å²) in [5, 5.41) is 2.89. The van der Waals surface area contributed by atoms with Gasteiger partial charge in [-0.3, -0.25) is 14.6 Å². The van der Waals surface area contributed by atoms with Crippen molar-refractivity contribution in [2.24, 2.45) is 0 Å². The quantitative estimate of drug-likeness (QED) is 0.827. The lowest BCUT2D eigenvalue weighted by atomic mass is 10.2. The van der Waals surface area contributed by atoms with Crippen LogP contribution in [-0.2, 0) is 4.79 Å². The molecule has 1 aromatic rings. The molecular formula is C15H24N4O2. The topological polar surface area (TPSA) is 75.2 Å². The van der Waals surface area contributed by atoms with Gasteiger partial charge in [0.1, 0.15) is 5.69 Å². The van der Waals surface area contributed by atoms with Crippen molar-refractivity contribution in [2.45, 2.75) is 46.6 Å². The lowest BCUT2D eigenvalue weighted by Crippen LogP contribution is -2.37. The summed E-state index contributed by atoms with van der Waals surface area (Å²) in [6.07, 6.45) is 4.22. The number of carbonyl (C=O) groups excluding carboxylic acids is 2. The molecule has 0 bridgehead atoms. The summed E-state index contributed by atoms with van der Waals surface area (Å²) in [5.74, 6) is -0.230. The van der Waals surface area contributed by atoms with Crippen LogP contribution in [0.25, 0.3) is 0 Å². The number of nitrogens with one attached hydrogen (secondary N) is 1. The first kappa shape index (κ1) is 17.1. The smallest absolute Gasteiger partial charge is 0.274 e. The Bertz CT molecular complexity index is 473. The first-order chi connectivity index (χ1) is 9.97. The molecule has 0 spiro atoms. The molecule has 0 aliphatic carbocycles. The molecule has 0 unspecified atom stereocenters. The number of nitrogens with zero attached hydrogens (tertiary/aromatic N) is 3. The summed E-state index contributed by atoms with van der Waals surface area (Å²) < 4.78 is 0. The van der Waals surface area contributed by atoms with E-state index in [0.29, 0.717) is 25.2 Å². The van der Waals surface area contributed by atoms with Crippen molar-refractivity contribution in [3.05, 3.63) is 23.8 Å². The molecule has 0 saturated heterocycles. The third-order valence-corrected chi connectivity index (χ3v) is 3.30. The predicted molar refractivity (Wildman–Crippen MR) is 80.9 cm³/mol. The van der Waals surface area contributed by atoms with E-state index in [1.165, 1.54) is 6.20 Å². The summed E-state index contributed by atoms with van der Waals surface area (Å²) >= 11 is 0. The van der Waals surface area contributed by atoms with Gasteiger partial charge >= 0.3 is 0 Å². The minimum Gasteiger partial charge on any atom is -0.354 e. The SMILES string of the molecule is CC[C@@H](C)NC(=O)CCN(CC)C(=O)c1cnc(C)cn1. The molecule has 0 aliphatic rings. The molecule has 1 N–H and O–H groups in total. The average molecular weight is 292 g/mol. The highest BCUT2D eigenvalue weighted by molar-refractivity contribution is 5.92. The molecule has 116 valence electrons. The largest absolute Gasteiger partial charge is 0.354 e. The van der Waals surface area contributed by atoms with E-state index < -0.39 is 0 Å². The van der Waals surface area contributed by atoms with Crippen molar-refractivity contribution in [3.8, 4) is 0 Å². The van der Waals surface area contributed by atoms with E-state index in [1.807, 2.05) is 27.7 Å². The van der Waals surface area contributed by atoms with Crippen LogP contribution in [-0.4, -0.2) is 45.8 Å². The molecular weight excluding hydrogens is 268 g/mol. The highest BCUT2D eigenvalue weighted by Crippen LogP contribution is 2.03. The molecule has 1 aromatic heterocycles. The molecule has 1 heterocycles. The maximum atomic E-state index is 12.3. The summed E-state index contributed by atoms with van der Waals surface area (Å²) in [6, 6.07) is 0.159. The van der Waals surface area contributed by atoms with Gasteiger partial charge < -0.3 is 10.2 Å². The van der Waals surface area contributed by atoms with Gasteiger partial charge in [-0.05, 0) is 27.2 Å². The maximum absolute atomic E-state index is 12.3. The van der Waals surface area contributed by atoms with E-state index in [2.05, 4.69) is 15.3 Å². The van der Waals surface area contributed by atoms with Gasteiger partial charge in [-0.2, -0.15) is 0 Å². The minimum absolute atomic E-state index is 0.0365. The van der Waals surface area contributed by atoms with Crippen molar-refractivity contribution < 1.29 is 9.59 Å². The fraction of sp³-hybridized carbons (Fsp3) is 0.600. The van der Waals surface area contributed by atoms with Crippen molar-refractivity contribution in [2.75, 3.05) is 13.1 Å². The number of hydrogen-bond donors (Lipinski definition) is 1. The fourth-order valence-electron chi connectivity index (χ4n) is 1.75. The Balaban J connectivity index is 2.56. The van der Waals surface area contributed by atoms with Crippen molar-refractivity contribution in [3.63, 3.8) is 0 Å². The van der Waals surface area contributed by atoms with Gasteiger partial charge in [-0.1, -0.05) is 6.92 Å². The zero-order chi connectivity index (χ0) is 15.8. The van der Waals surface area contributed by atoms with Crippen LogP contribution in [0.15, 0.2) is 12.4 Å². The second kappa shape index (κ2) is 8.34. The molecule has 21 heavy (non-hydrogen) atoms. The Morgan fingerprint density at radius 1 is 1.29 bits per heavy atom. The summed E-state index contributed by atoms with van der Waals surface area (Å²) in [5.41, 5.74) is 1.08. The van der Waals surface area contributed by atoms with Crippen LogP contribution in [0.1, 0.15) is 49.8 Å². The molecule has 1 rings (SSSR count). The van der Waals surface area contributed by atoms with E-state index in [1.54, 1.807) is 11.1 Å². The first-order valence-corrected chi connectivity index (χ1v) is 7.35. The summed E-state index contributed by atoms with van der Waals surface area (Å²) in [7, 11) is 0. The Hall–Kier alpha value is -1.98. The number of aromatic nitrogens is 2. The molecule has 0 aliphatic heterocycles. The monoisotopic (exact) mass is 292 g/mol. The number of hydrogen-bond acceptors (Lipinski definition) is 4. The van der Waals surface area contributed by atoms with Gasteiger partial charge in [0.25, 0.3) is 5.91 Å². The number of aryl methyl sites for hydroxylation is 1. The first-order valence-electron chi connectivity index (χ1n) is 7.35. The van der Waals surface area contributed by atoms with Gasteiger partial charge in [0.2, 0.25) is 5.91 Å². The van der Waals surface area contributed by atoms with Gasteiger partial charge in [0, 0.05) is 31.7 Å². The predicted octanol–water partition coefficient (Wildman–Crippen LogP) is 1.55. The van der Waals surface area contributed by atoms with Crippen molar-refractivity contribution in [1.82, 2.24) is 20.2 Å². The van der Waals surface area contributed by atoms with Crippen LogP contribution < -0.4 is 5.32 Å². The van der Waals surface area contributed by atoms with Crippen LogP contribution in [0.2, 0.25) is 0 Å². The van der Waals surface area contributed by atoms with Gasteiger partial charge in [-0.25, -0.2) is 4.98 Å². The van der Waals surface area contributed by atoms with Gasteiger partial charge in [-0.15, -0.1) is 0 Å². The van der Waals surface area contributed by atoms with Crippen LogP contribution in [0, 0.1) is 6.92 Å². The van der Waals surface area contributed by atoms with Gasteiger partial charge in [0.15, 0.2) is 0 Å². The van der Waals surface area contributed by atoms with Gasteiger partial charge in [0.05, 0.1) is 11.9 Å². The molecule has 6 nitrogen and oxygen atoms in total. The van der Waals surface area contributed by atoms with Crippen molar-refractivity contribution >= 4 is 11.8 Å².